The minimum Gasteiger partial charge on any atom is -0.493 e. The van der Waals surface area contributed by atoms with E-state index < -0.39 is 0 Å². The molecule has 6 nitrogen and oxygen atoms in total. The summed E-state index contributed by atoms with van der Waals surface area (Å²) in [6, 6.07) is 13.2. The fraction of sp³-hybridized carbons (Fsp3) is 0.409. The Balaban J connectivity index is 1.73. The molecule has 0 aliphatic carbocycles. The lowest BCUT2D eigenvalue weighted by Gasteiger charge is -2.12. The average molecular weight is 387 g/mol. The molecule has 0 saturated carbocycles. The minimum atomic E-state index is -0.0189. The molecule has 0 spiro atoms. The van der Waals surface area contributed by atoms with Crippen molar-refractivity contribution >= 4 is 5.91 Å². The van der Waals surface area contributed by atoms with Crippen molar-refractivity contribution in [3.05, 3.63) is 48.0 Å². The van der Waals surface area contributed by atoms with Gasteiger partial charge in [0.2, 0.25) is 5.91 Å². The molecule has 2 rings (SSSR count). The summed E-state index contributed by atoms with van der Waals surface area (Å²) >= 11 is 0. The van der Waals surface area contributed by atoms with Crippen LogP contribution in [0.5, 0.6) is 23.0 Å². The number of hydrogen-bond acceptors (Lipinski definition) is 5. The molecule has 28 heavy (non-hydrogen) atoms. The largest absolute Gasteiger partial charge is 0.493 e. The second-order valence-electron chi connectivity index (χ2n) is 6.03. The van der Waals surface area contributed by atoms with Crippen LogP contribution in [-0.4, -0.2) is 32.8 Å². The van der Waals surface area contributed by atoms with Crippen LogP contribution in [-0.2, 0) is 11.3 Å². The van der Waals surface area contributed by atoms with Crippen LogP contribution >= 0.6 is 0 Å². The van der Waals surface area contributed by atoms with Crippen molar-refractivity contribution in [2.45, 2.75) is 33.2 Å². The lowest BCUT2D eigenvalue weighted by molar-refractivity contribution is -0.121. The second kappa shape index (κ2) is 11.7. The Labute approximate surface area is 166 Å². The number of ether oxygens (including phenoxy) is 4. The van der Waals surface area contributed by atoms with Crippen LogP contribution in [0.1, 0.15) is 32.3 Å². The first-order valence-corrected chi connectivity index (χ1v) is 9.59. The zero-order chi connectivity index (χ0) is 20.2. The van der Waals surface area contributed by atoms with Gasteiger partial charge in [-0.15, -0.1) is 0 Å². The molecule has 0 unspecified atom stereocenters. The van der Waals surface area contributed by atoms with Gasteiger partial charge in [-0.3, -0.25) is 4.79 Å². The normalized spacial score (nSPS) is 10.2. The van der Waals surface area contributed by atoms with Crippen LogP contribution in [0.2, 0.25) is 0 Å². The summed E-state index contributed by atoms with van der Waals surface area (Å²) in [6.45, 7) is 5.90. The van der Waals surface area contributed by atoms with E-state index in [-0.39, 0.29) is 5.91 Å². The molecular weight excluding hydrogens is 358 g/mol. The fourth-order valence-electron chi connectivity index (χ4n) is 2.64. The maximum absolute atomic E-state index is 12.1. The number of rotatable bonds is 12. The maximum Gasteiger partial charge on any atom is 0.220 e. The third-order valence-electron chi connectivity index (χ3n) is 3.97. The van der Waals surface area contributed by atoms with Gasteiger partial charge in [-0.25, -0.2) is 0 Å². The highest BCUT2D eigenvalue weighted by molar-refractivity contribution is 5.75. The van der Waals surface area contributed by atoms with Crippen LogP contribution in [0, 0.1) is 0 Å². The molecule has 0 aromatic heterocycles. The molecule has 0 aliphatic heterocycles. The summed E-state index contributed by atoms with van der Waals surface area (Å²) < 4.78 is 22.1. The van der Waals surface area contributed by atoms with Gasteiger partial charge in [-0.1, -0.05) is 18.2 Å². The van der Waals surface area contributed by atoms with E-state index in [2.05, 4.69) is 5.32 Å². The van der Waals surface area contributed by atoms with Crippen LogP contribution in [0.4, 0.5) is 0 Å². The molecule has 2 aromatic rings. The van der Waals surface area contributed by atoms with E-state index in [1.54, 1.807) is 7.11 Å². The number of hydrogen-bond donors (Lipinski definition) is 1. The molecule has 0 heterocycles. The number of nitrogens with one attached hydrogen (secondary N) is 1. The molecule has 0 saturated heterocycles. The standard InChI is InChI=1S/C22H29NO5/c1-4-26-18-9-6-7-10-19(18)28-14-8-11-22(24)23-16-17-12-13-20(27-5-2)21(15-17)25-3/h6-7,9-10,12-13,15H,4-5,8,11,14,16H2,1-3H3,(H,23,24). The molecule has 152 valence electrons. The summed E-state index contributed by atoms with van der Waals surface area (Å²) in [6.07, 6.45) is 1.02. The van der Waals surface area contributed by atoms with Crippen LogP contribution in [0.25, 0.3) is 0 Å². The first kappa shape index (κ1) is 21.4. The summed E-state index contributed by atoms with van der Waals surface area (Å²) in [5.74, 6) is 2.76. The van der Waals surface area contributed by atoms with Gasteiger partial charge in [0.15, 0.2) is 23.0 Å². The molecule has 0 fully saturated rings. The van der Waals surface area contributed by atoms with Crippen molar-refractivity contribution in [2.24, 2.45) is 0 Å². The topological polar surface area (TPSA) is 66.0 Å². The molecule has 6 heteroatoms. The van der Waals surface area contributed by atoms with E-state index in [9.17, 15) is 4.79 Å². The molecule has 1 amide bonds. The highest BCUT2D eigenvalue weighted by atomic mass is 16.5. The number of amides is 1. The monoisotopic (exact) mass is 387 g/mol. The maximum atomic E-state index is 12.1. The number of para-hydroxylation sites is 2. The Morgan fingerprint density at radius 3 is 2.18 bits per heavy atom. The predicted octanol–water partition coefficient (Wildman–Crippen LogP) is 3.97. The quantitative estimate of drug-likeness (QED) is 0.558. The van der Waals surface area contributed by atoms with Gasteiger partial charge in [0.25, 0.3) is 0 Å². The smallest absolute Gasteiger partial charge is 0.220 e. The fourth-order valence-corrected chi connectivity index (χ4v) is 2.64. The number of benzene rings is 2. The van der Waals surface area contributed by atoms with Crippen LogP contribution in [0.3, 0.4) is 0 Å². The Morgan fingerprint density at radius 2 is 1.54 bits per heavy atom. The Bertz CT molecular complexity index is 747. The Kier molecular flexibility index (Phi) is 8.98. The van der Waals surface area contributed by atoms with Gasteiger partial charge in [-0.2, -0.15) is 0 Å². The summed E-state index contributed by atoms with van der Waals surface area (Å²) in [7, 11) is 1.60. The highest BCUT2D eigenvalue weighted by Crippen LogP contribution is 2.28. The number of carbonyl (C=O) groups is 1. The third kappa shape index (κ3) is 6.68. The molecule has 0 bridgehead atoms. The van der Waals surface area contributed by atoms with E-state index in [0.29, 0.717) is 56.5 Å². The van der Waals surface area contributed by atoms with Crippen LogP contribution in [0.15, 0.2) is 42.5 Å². The van der Waals surface area contributed by atoms with E-state index in [1.165, 1.54) is 0 Å². The van der Waals surface area contributed by atoms with Crippen molar-refractivity contribution in [1.29, 1.82) is 0 Å². The van der Waals surface area contributed by atoms with Gasteiger partial charge >= 0.3 is 0 Å². The Hall–Kier alpha value is -2.89. The summed E-state index contributed by atoms with van der Waals surface area (Å²) in [5, 5.41) is 2.92. The van der Waals surface area contributed by atoms with Gasteiger partial charge < -0.3 is 24.3 Å². The zero-order valence-electron chi connectivity index (χ0n) is 16.8. The van der Waals surface area contributed by atoms with Gasteiger partial charge in [0.1, 0.15) is 0 Å². The molecule has 2 aromatic carbocycles. The van der Waals surface area contributed by atoms with E-state index >= 15 is 0 Å². The van der Waals surface area contributed by atoms with Crippen molar-refractivity contribution in [2.75, 3.05) is 26.9 Å². The first-order chi connectivity index (χ1) is 13.7. The number of methoxy groups -OCH3 is 1. The van der Waals surface area contributed by atoms with E-state index in [4.69, 9.17) is 18.9 Å². The summed E-state index contributed by atoms with van der Waals surface area (Å²) in [5.41, 5.74) is 0.954. The van der Waals surface area contributed by atoms with Crippen molar-refractivity contribution < 1.29 is 23.7 Å². The minimum absolute atomic E-state index is 0.0189. The van der Waals surface area contributed by atoms with Crippen molar-refractivity contribution in [3.8, 4) is 23.0 Å². The highest BCUT2D eigenvalue weighted by Gasteiger charge is 2.08. The van der Waals surface area contributed by atoms with Crippen LogP contribution < -0.4 is 24.3 Å². The molecule has 1 N–H and O–H groups in total. The zero-order valence-corrected chi connectivity index (χ0v) is 16.8. The first-order valence-electron chi connectivity index (χ1n) is 9.59. The van der Waals surface area contributed by atoms with Gasteiger partial charge in [0, 0.05) is 13.0 Å². The predicted molar refractivity (Wildman–Crippen MR) is 108 cm³/mol. The molecular formula is C22H29NO5. The Morgan fingerprint density at radius 1 is 0.893 bits per heavy atom. The van der Waals surface area contributed by atoms with Crippen molar-refractivity contribution in [1.82, 2.24) is 5.32 Å². The van der Waals surface area contributed by atoms with E-state index in [0.717, 1.165) is 11.3 Å². The molecule has 0 aliphatic rings. The molecule has 0 radical (unpaired) electrons. The van der Waals surface area contributed by atoms with Gasteiger partial charge in [-0.05, 0) is 50.1 Å². The number of carbonyl (C=O) groups excluding carboxylic acids is 1. The summed E-state index contributed by atoms with van der Waals surface area (Å²) in [4.78, 5) is 12.1. The lowest BCUT2D eigenvalue weighted by atomic mass is 10.2. The lowest BCUT2D eigenvalue weighted by Crippen LogP contribution is -2.23. The second-order valence-corrected chi connectivity index (χ2v) is 6.03. The van der Waals surface area contributed by atoms with Crippen molar-refractivity contribution in [3.63, 3.8) is 0 Å². The average Bonchev–Trinajstić information content (AvgIpc) is 2.72. The molecule has 0 atom stereocenters. The third-order valence-corrected chi connectivity index (χ3v) is 3.97. The van der Waals surface area contributed by atoms with E-state index in [1.807, 2.05) is 56.3 Å². The SMILES string of the molecule is CCOc1ccc(CNC(=O)CCCOc2ccccc2OCC)cc1OC. The van der Waals surface area contributed by atoms with Gasteiger partial charge in [0.05, 0.1) is 26.9 Å².